The Bertz CT molecular complexity index is 790. The molecule has 0 atom stereocenters. The number of hydrogen-bond acceptors (Lipinski definition) is 4. The van der Waals surface area contributed by atoms with Crippen LogP contribution in [0.1, 0.15) is 9.75 Å². The molecule has 114 valence electrons. The molecule has 2 N–H and O–H groups in total. The summed E-state index contributed by atoms with van der Waals surface area (Å²) in [5.74, 6) is -1.85. The summed E-state index contributed by atoms with van der Waals surface area (Å²) in [7, 11) is -4.02. The number of aryl methyl sites for hydroxylation is 1. The highest BCUT2D eigenvalue weighted by atomic mass is 79.9. The Morgan fingerprint density at radius 1 is 1.29 bits per heavy atom. The second-order valence-corrected chi connectivity index (χ2v) is 7.99. The van der Waals surface area contributed by atoms with Gasteiger partial charge in [-0.1, -0.05) is 0 Å². The minimum absolute atomic E-state index is 0.0450. The number of thiophene rings is 1. The number of aliphatic hydroxyl groups excluding tert-OH is 1. The molecule has 1 heterocycles. The molecule has 1 aromatic heterocycles. The number of anilines is 1. The Balaban J connectivity index is 2.42. The van der Waals surface area contributed by atoms with E-state index in [2.05, 4.69) is 20.7 Å². The molecular formula is C12H10BrF2NO3S2. The van der Waals surface area contributed by atoms with E-state index in [1.54, 1.807) is 6.92 Å². The lowest BCUT2D eigenvalue weighted by Gasteiger charge is -2.09. The van der Waals surface area contributed by atoms with Crippen molar-refractivity contribution in [3.63, 3.8) is 0 Å². The zero-order valence-electron chi connectivity index (χ0n) is 10.7. The van der Waals surface area contributed by atoms with Crippen LogP contribution in [-0.2, 0) is 16.6 Å². The van der Waals surface area contributed by atoms with Crippen LogP contribution in [0.25, 0.3) is 0 Å². The van der Waals surface area contributed by atoms with Crippen molar-refractivity contribution >= 4 is 43.0 Å². The van der Waals surface area contributed by atoms with Gasteiger partial charge in [-0.05, 0) is 35.0 Å². The van der Waals surface area contributed by atoms with Gasteiger partial charge in [0.25, 0.3) is 10.0 Å². The maximum atomic E-state index is 13.6. The predicted octanol–water partition coefficient (Wildman–Crippen LogP) is 3.39. The third-order valence-corrected chi connectivity index (χ3v) is 5.89. The van der Waals surface area contributed by atoms with Crippen LogP contribution in [0.5, 0.6) is 0 Å². The molecule has 2 aromatic rings. The van der Waals surface area contributed by atoms with E-state index in [0.717, 1.165) is 17.4 Å². The lowest BCUT2D eigenvalue weighted by Crippen LogP contribution is -2.14. The van der Waals surface area contributed by atoms with E-state index >= 15 is 0 Å². The van der Waals surface area contributed by atoms with Gasteiger partial charge in [-0.15, -0.1) is 11.3 Å². The first-order chi connectivity index (χ1) is 9.74. The Labute approximate surface area is 132 Å². The maximum Gasteiger partial charge on any atom is 0.263 e. The average Bonchev–Trinajstić information content (AvgIpc) is 2.78. The fraction of sp³-hybridized carbons (Fsp3) is 0.167. The van der Waals surface area contributed by atoms with Crippen LogP contribution in [0.4, 0.5) is 14.5 Å². The highest BCUT2D eigenvalue weighted by Gasteiger charge is 2.22. The fourth-order valence-corrected chi connectivity index (χ4v) is 4.57. The van der Waals surface area contributed by atoms with Gasteiger partial charge in [0.15, 0.2) is 0 Å². The largest absolute Gasteiger partial charge is 0.391 e. The van der Waals surface area contributed by atoms with Gasteiger partial charge < -0.3 is 5.11 Å². The van der Waals surface area contributed by atoms with Crippen molar-refractivity contribution in [2.75, 3.05) is 4.72 Å². The normalized spacial score (nSPS) is 11.7. The molecule has 0 spiro atoms. The molecule has 0 bridgehead atoms. The number of sulfonamides is 1. The van der Waals surface area contributed by atoms with Crippen LogP contribution in [0.2, 0.25) is 0 Å². The van der Waals surface area contributed by atoms with Crippen LogP contribution in [0.3, 0.4) is 0 Å². The number of halogens is 3. The van der Waals surface area contributed by atoms with Crippen molar-refractivity contribution in [3.8, 4) is 0 Å². The highest BCUT2D eigenvalue weighted by molar-refractivity contribution is 9.10. The zero-order chi connectivity index (χ0) is 15.8. The number of benzene rings is 1. The molecule has 2 rings (SSSR count). The fourth-order valence-electron chi connectivity index (χ4n) is 1.67. The number of nitrogens with one attached hydrogen (secondary N) is 1. The molecule has 21 heavy (non-hydrogen) atoms. The van der Waals surface area contributed by atoms with E-state index in [-0.39, 0.29) is 21.7 Å². The topological polar surface area (TPSA) is 66.4 Å². The Morgan fingerprint density at radius 3 is 2.52 bits per heavy atom. The first-order valence-corrected chi connectivity index (χ1v) is 8.71. The summed E-state index contributed by atoms with van der Waals surface area (Å²) in [6.45, 7) is 1.30. The molecule has 0 aliphatic carbocycles. The van der Waals surface area contributed by atoms with Crippen molar-refractivity contribution in [1.29, 1.82) is 0 Å². The lowest BCUT2D eigenvalue weighted by atomic mass is 10.3. The van der Waals surface area contributed by atoms with Crippen LogP contribution in [-0.4, -0.2) is 13.5 Å². The minimum Gasteiger partial charge on any atom is -0.391 e. The molecular weight excluding hydrogens is 388 g/mol. The SMILES string of the molecule is Cc1sc(CO)cc1S(=O)(=O)Nc1cc(Br)c(F)cc1F. The third-order valence-electron chi connectivity index (χ3n) is 2.62. The van der Waals surface area contributed by atoms with Crippen molar-refractivity contribution in [3.05, 3.63) is 44.1 Å². The molecule has 0 aliphatic heterocycles. The van der Waals surface area contributed by atoms with Gasteiger partial charge in [-0.2, -0.15) is 0 Å². The highest BCUT2D eigenvalue weighted by Crippen LogP contribution is 2.29. The molecule has 4 nitrogen and oxygen atoms in total. The van der Waals surface area contributed by atoms with Gasteiger partial charge in [-0.3, -0.25) is 4.72 Å². The summed E-state index contributed by atoms with van der Waals surface area (Å²) >= 11 is 4.00. The Hall–Kier alpha value is -1.03. The summed E-state index contributed by atoms with van der Waals surface area (Å²) in [4.78, 5) is 0.901. The summed E-state index contributed by atoms with van der Waals surface area (Å²) in [6, 6.07) is 2.91. The molecule has 1 aromatic carbocycles. The summed E-state index contributed by atoms with van der Waals surface area (Å²) in [6.07, 6.45) is 0. The number of aliphatic hydroxyl groups is 1. The van der Waals surface area contributed by atoms with Gasteiger partial charge >= 0.3 is 0 Å². The van der Waals surface area contributed by atoms with Crippen LogP contribution >= 0.6 is 27.3 Å². The maximum absolute atomic E-state index is 13.6. The monoisotopic (exact) mass is 397 g/mol. The van der Waals surface area contributed by atoms with Crippen molar-refractivity contribution in [2.45, 2.75) is 18.4 Å². The number of hydrogen-bond donors (Lipinski definition) is 2. The second-order valence-electron chi connectivity index (χ2n) is 4.14. The summed E-state index contributed by atoms with van der Waals surface area (Å²) in [5.41, 5.74) is -0.362. The number of rotatable bonds is 4. The molecule has 0 fully saturated rings. The predicted molar refractivity (Wildman–Crippen MR) is 79.8 cm³/mol. The van der Waals surface area contributed by atoms with Gasteiger partial charge in [0.2, 0.25) is 0 Å². The minimum atomic E-state index is -4.02. The second kappa shape index (κ2) is 5.99. The Morgan fingerprint density at radius 2 is 1.95 bits per heavy atom. The molecule has 9 heteroatoms. The first-order valence-electron chi connectivity index (χ1n) is 5.62. The molecule has 0 aliphatic rings. The lowest BCUT2D eigenvalue weighted by molar-refractivity contribution is 0.285. The van der Waals surface area contributed by atoms with Crippen LogP contribution < -0.4 is 4.72 Å². The van der Waals surface area contributed by atoms with Crippen LogP contribution in [0.15, 0.2) is 27.6 Å². The average molecular weight is 398 g/mol. The van der Waals surface area contributed by atoms with Gasteiger partial charge in [0.05, 0.1) is 16.8 Å². The van der Waals surface area contributed by atoms with Crippen molar-refractivity contribution < 1.29 is 22.3 Å². The van der Waals surface area contributed by atoms with E-state index in [0.29, 0.717) is 15.8 Å². The molecule has 0 saturated carbocycles. The van der Waals surface area contributed by atoms with E-state index in [4.69, 9.17) is 5.11 Å². The summed E-state index contributed by atoms with van der Waals surface area (Å²) in [5, 5.41) is 9.03. The van der Waals surface area contributed by atoms with Gasteiger partial charge in [-0.25, -0.2) is 17.2 Å². The van der Waals surface area contributed by atoms with Crippen molar-refractivity contribution in [2.24, 2.45) is 0 Å². The van der Waals surface area contributed by atoms with Gasteiger partial charge in [0.1, 0.15) is 16.5 Å². The smallest absolute Gasteiger partial charge is 0.263 e. The molecule has 0 unspecified atom stereocenters. The quantitative estimate of drug-likeness (QED) is 0.776. The van der Waals surface area contributed by atoms with E-state index < -0.39 is 21.7 Å². The summed E-state index contributed by atoms with van der Waals surface area (Å²) < 4.78 is 53.3. The van der Waals surface area contributed by atoms with E-state index in [1.165, 1.54) is 6.07 Å². The van der Waals surface area contributed by atoms with Gasteiger partial charge in [0, 0.05) is 15.8 Å². The van der Waals surface area contributed by atoms with Crippen molar-refractivity contribution in [1.82, 2.24) is 0 Å². The third kappa shape index (κ3) is 3.42. The van der Waals surface area contributed by atoms with E-state index in [1.807, 2.05) is 0 Å². The standard InChI is InChI=1S/C12H10BrF2NO3S2/c1-6-12(2-7(5-17)20-6)21(18,19)16-11-3-8(13)9(14)4-10(11)15/h2-4,16-17H,5H2,1H3. The van der Waals surface area contributed by atoms with E-state index in [9.17, 15) is 17.2 Å². The molecule has 0 amide bonds. The molecule has 0 radical (unpaired) electrons. The molecule has 0 saturated heterocycles. The first kappa shape index (κ1) is 16.3. The van der Waals surface area contributed by atoms with Crippen LogP contribution in [0, 0.1) is 18.6 Å². The zero-order valence-corrected chi connectivity index (χ0v) is 13.9. The Kier molecular flexibility index (Phi) is 4.66.